The van der Waals surface area contributed by atoms with Gasteiger partial charge in [0.15, 0.2) is 11.6 Å². The maximum absolute atomic E-state index is 13.2. The number of phenols is 1. The van der Waals surface area contributed by atoms with Crippen LogP contribution in [0.5, 0.6) is 5.75 Å². The highest BCUT2D eigenvalue weighted by atomic mass is 16.3. The van der Waals surface area contributed by atoms with Gasteiger partial charge in [-0.2, -0.15) is 0 Å². The van der Waals surface area contributed by atoms with Gasteiger partial charge in [0.25, 0.3) is 0 Å². The largest absolute Gasteiger partial charge is 0.508 e. The van der Waals surface area contributed by atoms with Gasteiger partial charge in [-0.25, -0.2) is 0 Å². The number of benzene rings is 2. The fourth-order valence-electron chi connectivity index (χ4n) is 4.37. The summed E-state index contributed by atoms with van der Waals surface area (Å²) in [6.45, 7) is 0. The van der Waals surface area contributed by atoms with Crippen LogP contribution in [-0.4, -0.2) is 16.7 Å². The van der Waals surface area contributed by atoms with Gasteiger partial charge in [0, 0.05) is 40.3 Å². The maximum Gasteiger partial charge on any atom is 0.192 e. The van der Waals surface area contributed by atoms with Gasteiger partial charge in [0.2, 0.25) is 0 Å². The minimum absolute atomic E-state index is 0.0404. The van der Waals surface area contributed by atoms with E-state index in [1.54, 1.807) is 18.2 Å². The van der Waals surface area contributed by atoms with E-state index < -0.39 is 5.92 Å². The topological polar surface area (TPSA) is 66.4 Å². The summed E-state index contributed by atoms with van der Waals surface area (Å²) in [5, 5.41) is 13.4. The number of dihydropyridines is 1. The SMILES string of the molecule is O=C1CCCC2=C1[C@@H](c1cccc(O)c1)C1=C(N2)c2ccccc2C1=O. The van der Waals surface area contributed by atoms with Crippen LogP contribution < -0.4 is 5.32 Å². The number of ketones is 2. The van der Waals surface area contributed by atoms with Crippen molar-refractivity contribution in [2.45, 2.75) is 25.2 Å². The number of carbonyl (C=O) groups is 2. The Morgan fingerprint density at radius 3 is 2.54 bits per heavy atom. The van der Waals surface area contributed by atoms with Crippen LogP contribution in [0.4, 0.5) is 0 Å². The summed E-state index contributed by atoms with van der Waals surface area (Å²) < 4.78 is 0. The monoisotopic (exact) mass is 343 g/mol. The molecule has 128 valence electrons. The van der Waals surface area contributed by atoms with Crippen LogP contribution in [0.2, 0.25) is 0 Å². The first kappa shape index (κ1) is 15.1. The maximum atomic E-state index is 13.2. The van der Waals surface area contributed by atoms with Crippen molar-refractivity contribution in [3.05, 3.63) is 82.1 Å². The summed E-state index contributed by atoms with van der Waals surface area (Å²) in [6, 6.07) is 14.4. The number of phenolic OH excluding ortho intramolecular Hbond substituents is 1. The van der Waals surface area contributed by atoms with Crippen molar-refractivity contribution in [3.63, 3.8) is 0 Å². The lowest BCUT2D eigenvalue weighted by Gasteiger charge is -2.33. The smallest absolute Gasteiger partial charge is 0.192 e. The lowest BCUT2D eigenvalue weighted by Crippen LogP contribution is -2.31. The predicted molar refractivity (Wildman–Crippen MR) is 97.6 cm³/mol. The molecule has 5 rings (SSSR count). The minimum Gasteiger partial charge on any atom is -0.508 e. The lowest BCUT2D eigenvalue weighted by molar-refractivity contribution is -0.116. The Hall–Kier alpha value is -3.14. The van der Waals surface area contributed by atoms with E-state index in [2.05, 4.69) is 5.32 Å². The molecule has 0 saturated carbocycles. The summed E-state index contributed by atoms with van der Waals surface area (Å²) in [7, 11) is 0. The number of carbonyl (C=O) groups excluding carboxylic acids is 2. The second-order valence-corrected chi connectivity index (χ2v) is 6.99. The molecule has 0 radical (unpaired) electrons. The molecule has 4 heteroatoms. The number of nitrogens with one attached hydrogen (secondary N) is 1. The summed E-state index contributed by atoms with van der Waals surface area (Å²) in [5.41, 5.74) is 5.37. The third-order valence-corrected chi connectivity index (χ3v) is 5.47. The Balaban J connectivity index is 1.77. The Morgan fingerprint density at radius 2 is 1.73 bits per heavy atom. The predicted octanol–water partition coefficient (Wildman–Crippen LogP) is 3.69. The Bertz CT molecular complexity index is 1040. The van der Waals surface area contributed by atoms with Crippen molar-refractivity contribution < 1.29 is 14.7 Å². The Morgan fingerprint density at radius 1 is 0.923 bits per heavy atom. The molecule has 0 saturated heterocycles. The first-order valence-corrected chi connectivity index (χ1v) is 8.85. The summed E-state index contributed by atoms with van der Waals surface area (Å²) in [5.74, 6) is -0.249. The average Bonchev–Trinajstić information content (AvgIpc) is 2.93. The number of allylic oxidation sites excluding steroid dienone is 3. The molecule has 1 aliphatic heterocycles. The minimum atomic E-state index is -0.430. The van der Waals surface area contributed by atoms with E-state index in [1.165, 1.54) is 0 Å². The standard InChI is InChI=1S/C22H17NO3/c24-13-6-3-5-12(11-13)18-19-16(9-4-10-17(19)25)23-21-14-7-1-2-8-15(14)22(26)20(18)21/h1-3,5-8,11,18,23-24H,4,9-10H2/t18-/m1/s1. The van der Waals surface area contributed by atoms with Gasteiger partial charge in [-0.15, -0.1) is 0 Å². The van der Waals surface area contributed by atoms with Gasteiger partial charge < -0.3 is 10.4 Å². The molecule has 0 bridgehead atoms. The van der Waals surface area contributed by atoms with Gasteiger partial charge in [-0.1, -0.05) is 36.4 Å². The second-order valence-electron chi connectivity index (χ2n) is 6.99. The Kier molecular flexibility index (Phi) is 3.16. The molecule has 2 aliphatic carbocycles. The third-order valence-electron chi connectivity index (χ3n) is 5.47. The fourth-order valence-corrected chi connectivity index (χ4v) is 4.37. The van der Waals surface area contributed by atoms with Crippen LogP contribution in [0.1, 0.15) is 46.7 Å². The van der Waals surface area contributed by atoms with E-state index in [4.69, 9.17) is 0 Å². The van der Waals surface area contributed by atoms with Gasteiger partial charge >= 0.3 is 0 Å². The molecule has 2 N–H and O–H groups in total. The molecule has 0 aromatic heterocycles. The zero-order valence-electron chi connectivity index (χ0n) is 14.1. The average molecular weight is 343 g/mol. The van der Waals surface area contributed by atoms with Crippen LogP contribution in [0.15, 0.2) is 65.4 Å². The molecule has 1 atom stereocenters. The van der Waals surface area contributed by atoms with Crippen LogP contribution >= 0.6 is 0 Å². The van der Waals surface area contributed by atoms with E-state index in [0.717, 1.165) is 35.4 Å². The highest BCUT2D eigenvalue weighted by Gasteiger charge is 2.43. The third kappa shape index (κ3) is 2.02. The van der Waals surface area contributed by atoms with Crippen LogP contribution in [0, 0.1) is 0 Å². The van der Waals surface area contributed by atoms with E-state index in [0.29, 0.717) is 23.1 Å². The summed E-state index contributed by atoms with van der Waals surface area (Å²) >= 11 is 0. The molecule has 2 aromatic carbocycles. The van der Waals surface area contributed by atoms with E-state index in [1.807, 2.05) is 30.3 Å². The molecule has 0 amide bonds. The number of fused-ring (bicyclic) bond motifs is 2. The number of hydrogen-bond donors (Lipinski definition) is 2. The summed E-state index contributed by atoms with van der Waals surface area (Å²) in [4.78, 5) is 26.0. The zero-order valence-corrected chi connectivity index (χ0v) is 14.1. The number of rotatable bonds is 1. The van der Waals surface area contributed by atoms with Gasteiger partial charge in [0.05, 0.1) is 5.70 Å². The highest BCUT2D eigenvalue weighted by Crippen LogP contribution is 2.48. The Labute approximate surface area is 150 Å². The molecule has 0 unspecified atom stereocenters. The molecule has 0 fully saturated rings. The summed E-state index contributed by atoms with van der Waals surface area (Å²) in [6.07, 6.45) is 2.11. The van der Waals surface area contributed by atoms with Crippen LogP contribution in [-0.2, 0) is 4.79 Å². The van der Waals surface area contributed by atoms with Gasteiger partial charge in [0.1, 0.15) is 5.75 Å². The van der Waals surface area contributed by atoms with E-state index >= 15 is 0 Å². The van der Waals surface area contributed by atoms with Crippen molar-refractivity contribution in [3.8, 4) is 5.75 Å². The molecule has 26 heavy (non-hydrogen) atoms. The van der Waals surface area contributed by atoms with Crippen LogP contribution in [0.3, 0.4) is 0 Å². The van der Waals surface area contributed by atoms with Crippen LogP contribution in [0.25, 0.3) is 5.70 Å². The zero-order chi connectivity index (χ0) is 17.8. The molecular formula is C22H17NO3. The number of hydrogen-bond acceptors (Lipinski definition) is 4. The van der Waals surface area contributed by atoms with Gasteiger partial charge in [-0.3, -0.25) is 9.59 Å². The lowest BCUT2D eigenvalue weighted by atomic mass is 9.75. The highest BCUT2D eigenvalue weighted by molar-refractivity contribution is 6.23. The van der Waals surface area contributed by atoms with Crippen molar-refractivity contribution in [2.24, 2.45) is 0 Å². The van der Waals surface area contributed by atoms with E-state index in [9.17, 15) is 14.7 Å². The second kappa shape index (κ2) is 5.43. The first-order chi connectivity index (χ1) is 12.6. The molecule has 3 aliphatic rings. The molecule has 2 aromatic rings. The first-order valence-electron chi connectivity index (χ1n) is 8.85. The number of Topliss-reactive ketones (excluding diaryl/α,β-unsaturated/α-hetero) is 2. The number of aromatic hydroxyl groups is 1. The van der Waals surface area contributed by atoms with Crippen molar-refractivity contribution >= 4 is 17.3 Å². The quantitative estimate of drug-likeness (QED) is 0.829. The molecule has 4 nitrogen and oxygen atoms in total. The molecular weight excluding hydrogens is 326 g/mol. The molecule has 1 heterocycles. The van der Waals surface area contributed by atoms with Crippen molar-refractivity contribution in [1.29, 1.82) is 0 Å². The van der Waals surface area contributed by atoms with E-state index in [-0.39, 0.29) is 17.3 Å². The fraction of sp³-hybridized carbons (Fsp3) is 0.182. The van der Waals surface area contributed by atoms with Crippen molar-refractivity contribution in [1.82, 2.24) is 5.32 Å². The molecule has 0 spiro atoms. The van der Waals surface area contributed by atoms with Crippen molar-refractivity contribution in [2.75, 3.05) is 0 Å². The normalized spacial score (nSPS) is 21.3. The van der Waals surface area contributed by atoms with Gasteiger partial charge in [-0.05, 0) is 30.5 Å².